The van der Waals surface area contributed by atoms with Gasteiger partial charge in [-0.05, 0) is 51.4 Å². The second-order valence-corrected chi connectivity index (χ2v) is 6.98. The number of amides is 1. The van der Waals surface area contributed by atoms with E-state index in [0.717, 1.165) is 0 Å². The average Bonchev–Trinajstić information content (AvgIpc) is 2.53. The monoisotopic (exact) mass is 272 g/mol. The first kappa shape index (κ1) is 14.0. The molecule has 18 heavy (non-hydrogen) atoms. The van der Waals surface area contributed by atoms with Gasteiger partial charge in [-0.1, -0.05) is 0 Å². The van der Waals surface area contributed by atoms with E-state index >= 15 is 0 Å². The quantitative estimate of drug-likeness (QED) is 0.771. The summed E-state index contributed by atoms with van der Waals surface area (Å²) in [6, 6.07) is 0.325. The van der Waals surface area contributed by atoms with Gasteiger partial charge in [0.1, 0.15) is 0 Å². The highest BCUT2D eigenvalue weighted by Gasteiger charge is 2.43. The van der Waals surface area contributed by atoms with Crippen LogP contribution in [0.3, 0.4) is 0 Å². The van der Waals surface area contributed by atoms with Crippen LogP contribution in [0, 0.1) is 11.8 Å². The lowest BCUT2D eigenvalue weighted by atomic mass is 9.84. The first-order chi connectivity index (χ1) is 8.60. The molecule has 0 aromatic carbocycles. The molecule has 2 fully saturated rings. The number of hydrogen-bond donors (Lipinski definition) is 2. The van der Waals surface area contributed by atoms with Gasteiger partial charge in [0.15, 0.2) is 0 Å². The summed E-state index contributed by atoms with van der Waals surface area (Å²) in [5.74, 6) is 1.94. The topological polar surface area (TPSA) is 64.3 Å². The molecular formula is C13H24N2O2S. The van der Waals surface area contributed by atoms with E-state index < -0.39 is 0 Å². The first-order valence-electron chi connectivity index (χ1n) is 6.89. The SMILES string of the molecule is CC(C)OC(=O)NC1C2CCC1CC(SCN)C2. The number of thioether (sulfide) groups is 1. The summed E-state index contributed by atoms with van der Waals surface area (Å²) in [5, 5.41) is 3.76. The maximum atomic E-state index is 11.7. The fourth-order valence-corrected chi connectivity index (χ4v) is 4.40. The molecule has 2 atom stereocenters. The zero-order chi connectivity index (χ0) is 13.1. The molecule has 5 heteroatoms. The third-order valence-corrected chi connectivity index (χ3v) is 5.06. The Kier molecular flexibility index (Phi) is 4.78. The Hall–Kier alpha value is -0.420. The van der Waals surface area contributed by atoms with Crippen LogP contribution in [0.15, 0.2) is 0 Å². The summed E-state index contributed by atoms with van der Waals surface area (Å²) >= 11 is 1.87. The number of ether oxygens (including phenoxy) is 1. The molecule has 3 N–H and O–H groups in total. The van der Waals surface area contributed by atoms with Crippen molar-refractivity contribution in [3.8, 4) is 0 Å². The predicted octanol–water partition coefficient (Wildman–Crippen LogP) is 2.33. The summed E-state index contributed by atoms with van der Waals surface area (Å²) in [5.41, 5.74) is 5.61. The zero-order valence-electron chi connectivity index (χ0n) is 11.2. The van der Waals surface area contributed by atoms with E-state index in [-0.39, 0.29) is 12.2 Å². The maximum Gasteiger partial charge on any atom is 0.407 e. The van der Waals surface area contributed by atoms with E-state index in [1.165, 1.54) is 25.7 Å². The van der Waals surface area contributed by atoms with Crippen molar-refractivity contribution >= 4 is 17.9 Å². The number of hydrogen-bond acceptors (Lipinski definition) is 4. The Morgan fingerprint density at radius 1 is 1.39 bits per heavy atom. The van der Waals surface area contributed by atoms with Crippen LogP contribution in [0.4, 0.5) is 4.79 Å². The minimum atomic E-state index is -0.253. The summed E-state index contributed by atoms with van der Waals surface area (Å²) in [4.78, 5) is 11.7. The van der Waals surface area contributed by atoms with Crippen LogP contribution in [0.2, 0.25) is 0 Å². The summed E-state index contributed by atoms with van der Waals surface area (Å²) < 4.78 is 5.18. The highest BCUT2D eigenvalue weighted by atomic mass is 32.2. The van der Waals surface area contributed by atoms with Crippen LogP contribution < -0.4 is 11.1 Å². The van der Waals surface area contributed by atoms with E-state index in [0.29, 0.717) is 29.0 Å². The Morgan fingerprint density at radius 2 is 2.00 bits per heavy atom. The molecule has 0 aromatic heterocycles. The Morgan fingerprint density at radius 3 is 2.50 bits per heavy atom. The van der Waals surface area contributed by atoms with E-state index in [9.17, 15) is 4.79 Å². The highest BCUT2D eigenvalue weighted by Crippen LogP contribution is 2.45. The van der Waals surface area contributed by atoms with Crippen LogP contribution in [-0.4, -0.2) is 29.4 Å². The van der Waals surface area contributed by atoms with Gasteiger partial charge >= 0.3 is 6.09 Å². The second-order valence-electron chi connectivity index (χ2n) is 5.65. The third-order valence-electron chi connectivity index (χ3n) is 4.01. The van der Waals surface area contributed by atoms with Crippen molar-refractivity contribution in [1.29, 1.82) is 0 Å². The normalized spacial score (nSPS) is 34.7. The molecule has 0 aromatic rings. The van der Waals surface area contributed by atoms with Gasteiger partial charge in [0.05, 0.1) is 6.10 Å². The van der Waals surface area contributed by atoms with E-state index in [2.05, 4.69) is 5.32 Å². The highest BCUT2D eigenvalue weighted by molar-refractivity contribution is 7.99. The van der Waals surface area contributed by atoms with Crippen molar-refractivity contribution in [3.05, 3.63) is 0 Å². The number of carbonyl (C=O) groups excluding carboxylic acids is 1. The van der Waals surface area contributed by atoms with E-state index in [1.54, 1.807) is 0 Å². The summed E-state index contributed by atoms with van der Waals surface area (Å²) in [6.45, 7) is 3.76. The van der Waals surface area contributed by atoms with E-state index in [4.69, 9.17) is 10.5 Å². The lowest BCUT2D eigenvalue weighted by Gasteiger charge is -2.35. The largest absolute Gasteiger partial charge is 0.447 e. The van der Waals surface area contributed by atoms with Gasteiger partial charge in [0.25, 0.3) is 0 Å². The van der Waals surface area contributed by atoms with Crippen LogP contribution in [0.1, 0.15) is 39.5 Å². The molecule has 104 valence electrons. The molecular weight excluding hydrogens is 248 g/mol. The molecule has 2 unspecified atom stereocenters. The molecule has 0 saturated heterocycles. The fraction of sp³-hybridized carbons (Fsp3) is 0.923. The number of nitrogens with one attached hydrogen (secondary N) is 1. The Bertz CT molecular complexity index is 285. The molecule has 2 aliphatic rings. The summed E-state index contributed by atoms with van der Waals surface area (Å²) in [6.07, 6.45) is 4.54. The zero-order valence-corrected chi connectivity index (χ0v) is 12.0. The van der Waals surface area contributed by atoms with Crippen LogP contribution >= 0.6 is 11.8 Å². The molecule has 0 heterocycles. The van der Waals surface area contributed by atoms with Crippen LogP contribution in [0.5, 0.6) is 0 Å². The minimum absolute atomic E-state index is 0.0493. The number of rotatable bonds is 4. The molecule has 2 rings (SSSR count). The van der Waals surface area contributed by atoms with Crippen LogP contribution in [-0.2, 0) is 4.74 Å². The molecule has 2 bridgehead atoms. The molecule has 0 radical (unpaired) electrons. The molecule has 2 aliphatic carbocycles. The van der Waals surface area contributed by atoms with Gasteiger partial charge in [-0.3, -0.25) is 0 Å². The van der Waals surface area contributed by atoms with Gasteiger partial charge in [-0.15, -0.1) is 11.8 Å². The number of nitrogens with two attached hydrogens (primary N) is 1. The smallest absolute Gasteiger partial charge is 0.407 e. The van der Waals surface area contributed by atoms with Gasteiger partial charge in [-0.25, -0.2) is 4.79 Å². The molecule has 1 amide bonds. The number of alkyl carbamates (subject to hydrolysis) is 1. The average molecular weight is 272 g/mol. The van der Waals surface area contributed by atoms with Crippen molar-refractivity contribution in [1.82, 2.24) is 5.32 Å². The standard InChI is InChI=1S/C13H24N2O2S/c1-8(2)17-13(16)15-12-9-3-4-10(12)6-11(5-9)18-7-14/h8-12H,3-7,14H2,1-2H3,(H,15,16). The predicted molar refractivity (Wildman–Crippen MR) is 74.4 cm³/mol. The van der Waals surface area contributed by atoms with Gasteiger partial charge in [0.2, 0.25) is 0 Å². The lowest BCUT2D eigenvalue weighted by Crippen LogP contribution is -2.46. The van der Waals surface area contributed by atoms with Crippen molar-refractivity contribution in [3.63, 3.8) is 0 Å². The molecule has 4 nitrogen and oxygen atoms in total. The maximum absolute atomic E-state index is 11.7. The third kappa shape index (κ3) is 3.32. The summed E-state index contributed by atoms with van der Waals surface area (Å²) in [7, 11) is 0. The van der Waals surface area contributed by atoms with Crippen molar-refractivity contribution in [2.24, 2.45) is 17.6 Å². The van der Waals surface area contributed by atoms with Crippen molar-refractivity contribution < 1.29 is 9.53 Å². The molecule has 2 saturated carbocycles. The molecule has 0 aliphatic heterocycles. The van der Waals surface area contributed by atoms with Crippen LogP contribution in [0.25, 0.3) is 0 Å². The first-order valence-corrected chi connectivity index (χ1v) is 7.93. The van der Waals surface area contributed by atoms with Crippen molar-refractivity contribution in [2.45, 2.75) is 56.9 Å². The Labute approximate surface area is 113 Å². The Balaban J connectivity index is 1.86. The number of fused-ring (bicyclic) bond motifs is 2. The van der Waals surface area contributed by atoms with Gasteiger partial charge in [-0.2, -0.15) is 0 Å². The fourth-order valence-electron chi connectivity index (χ4n) is 3.36. The minimum Gasteiger partial charge on any atom is -0.447 e. The molecule has 0 spiro atoms. The van der Waals surface area contributed by atoms with Crippen molar-refractivity contribution in [2.75, 3.05) is 5.88 Å². The van der Waals surface area contributed by atoms with Gasteiger partial charge in [0, 0.05) is 17.2 Å². The lowest BCUT2D eigenvalue weighted by molar-refractivity contribution is 0.104. The number of carbonyl (C=O) groups is 1. The van der Waals surface area contributed by atoms with Gasteiger partial charge < -0.3 is 15.8 Å². The van der Waals surface area contributed by atoms with E-state index in [1.807, 2.05) is 25.6 Å². The second kappa shape index (κ2) is 6.15.